The molecule has 0 bridgehead atoms. The number of aromatic nitrogens is 6. The van der Waals surface area contributed by atoms with E-state index in [-0.39, 0.29) is 42.3 Å². The van der Waals surface area contributed by atoms with E-state index in [1.807, 2.05) is 45.8 Å². The quantitative estimate of drug-likeness (QED) is 0.107. The Bertz CT molecular complexity index is 3490. The Balaban J connectivity index is 0.000000188. The average Bonchev–Trinajstić information content (AvgIpc) is 1.68. The van der Waals surface area contributed by atoms with E-state index in [1.165, 1.54) is 18.3 Å². The van der Waals surface area contributed by atoms with Crippen LogP contribution in [0.2, 0.25) is 0 Å². The van der Waals surface area contributed by atoms with Crippen molar-refractivity contribution in [1.82, 2.24) is 48.7 Å². The molecule has 10 rings (SSSR count). The lowest BCUT2D eigenvalue weighted by Gasteiger charge is -2.34. The van der Waals surface area contributed by atoms with Gasteiger partial charge in [0.25, 0.3) is 11.8 Å². The second kappa shape index (κ2) is 26.2. The number of anilines is 5. The first kappa shape index (κ1) is 65.1. The highest BCUT2D eigenvalue weighted by Crippen LogP contribution is 2.37. The molecule has 0 unspecified atom stereocenters. The Morgan fingerprint density at radius 2 is 0.989 bits per heavy atom. The highest BCUT2D eigenvalue weighted by molar-refractivity contribution is 14.1. The Morgan fingerprint density at radius 1 is 0.563 bits per heavy atom. The predicted octanol–water partition coefficient (Wildman–Crippen LogP) is 9.75. The van der Waals surface area contributed by atoms with Crippen LogP contribution in [-0.2, 0) is 36.4 Å². The summed E-state index contributed by atoms with van der Waals surface area (Å²) in [5.74, 6) is -1.19. The molecular formula is C58H69F6IN14O8. The number of ether oxygens (including phenoxy) is 4. The third-order valence-electron chi connectivity index (χ3n) is 14.2. The molecule has 0 aliphatic carbocycles. The molecule has 0 atom stereocenters. The maximum Gasteiger partial charge on any atom is 0.573 e. The monoisotopic (exact) mass is 1330 g/mol. The maximum absolute atomic E-state index is 13.2. The van der Waals surface area contributed by atoms with Gasteiger partial charge in [0.05, 0.1) is 43.2 Å². The number of alkyl halides is 6. The number of nitrogens with zero attached hydrogens (tertiary/aromatic N) is 12. The van der Waals surface area contributed by atoms with Crippen LogP contribution in [0.5, 0.6) is 11.5 Å². The molecule has 3 N–H and O–H groups in total. The van der Waals surface area contributed by atoms with Crippen LogP contribution in [0.1, 0.15) is 73.6 Å². The summed E-state index contributed by atoms with van der Waals surface area (Å²) in [7, 11) is 7.73. The molecule has 22 nitrogen and oxygen atoms in total. The van der Waals surface area contributed by atoms with E-state index in [0.29, 0.717) is 44.6 Å². The summed E-state index contributed by atoms with van der Waals surface area (Å²) in [6.45, 7) is 17.7. The fourth-order valence-electron chi connectivity index (χ4n) is 9.91. The summed E-state index contributed by atoms with van der Waals surface area (Å²) < 4.78 is 99.4. The van der Waals surface area contributed by atoms with Crippen LogP contribution in [0.3, 0.4) is 0 Å². The van der Waals surface area contributed by atoms with Gasteiger partial charge in [-0.1, -0.05) is 0 Å². The second-order valence-electron chi connectivity index (χ2n) is 22.9. The number of benzene rings is 2. The molecule has 6 aromatic rings. The number of nitrogen functional groups attached to an aromatic ring is 1. The molecule has 29 heteroatoms. The highest BCUT2D eigenvalue weighted by Gasteiger charge is 2.38. The number of halogens is 7. The number of carbonyl (C=O) groups is 4. The van der Waals surface area contributed by atoms with Crippen molar-refractivity contribution in [3.05, 3.63) is 99.1 Å². The van der Waals surface area contributed by atoms with Crippen LogP contribution in [-0.4, -0.2) is 176 Å². The molecule has 4 aliphatic heterocycles. The van der Waals surface area contributed by atoms with Crippen LogP contribution in [0.15, 0.2) is 73.1 Å². The van der Waals surface area contributed by atoms with E-state index >= 15 is 0 Å². The van der Waals surface area contributed by atoms with Crippen LogP contribution < -0.4 is 30.3 Å². The van der Waals surface area contributed by atoms with E-state index in [4.69, 9.17) is 15.2 Å². The minimum atomic E-state index is -4.89. The van der Waals surface area contributed by atoms with Crippen molar-refractivity contribution >= 4 is 75.6 Å². The average molecular weight is 1330 g/mol. The van der Waals surface area contributed by atoms with Crippen LogP contribution >= 0.6 is 22.6 Å². The summed E-state index contributed by atoms with van der Waals surface area (Å²) in [4.78, 5) is 78.6. The lowest BCUT2D eigenvalue weighted by Crippen LogP contribution is -2.44. The molecular weight excluding hydrogens is 1260 g/mol. The fraction of sp³-hybridized carbons (Fsp3) is 0.448. The normalized spacial score (nSPS) is 16.0. The Labute approximate surface area is 512 Å². The molecule has 4 aromatic heterocycles. The Morgan fingerprint density at radius 3 is 1.43 bits per heavy atom. The number of fused-ring (bicyclic) bond motifs is 2. The third kappa shape index (κ3) is 16.8. The predicted molar refractivity (Wildman–Crippen MR) is 321 cm³/mol. The number of imide groups is 2. The molecule has 8 heterocycles. The Kier molecular flexibility index (Phi) is 19.6. The zero-order valence-electron chi connectivity index (χ0n) is 49.8. The van der Waals surface area contributed by atoms with E-state index in [2.05, 4.69) is 61.4 Å². The number of nitrogens with two attached hydrogens (primary N) is 1. The van der Waals surface area contributed by atoms with Crippen LogP contribution in [0.4, 0.5) is 64.9 Å². The SMILES string of the molecule is CN1CCN(c2ccc(OC(F)(F)F)c(I)c2)CC1.CN1CCN(c2ccc(OC(F)(F)F)c(Nc3nccc(-c4cc5c(n4C)CCN(C(=O)OC(C)(C)C)C5=O)n3)c2)CC1.Cn1c(-c2ccnc(N)n2)cc2c1CCN(C(=O)OC(C)(C)C)C2=O. The first-order chi connectivity index (χ1) is 40.7. The molecule has 0 radical (unpaired) electrons. The topological polar surface area (TPSA) is 224 Å². The van der Waals surface area contributed by atoms with Gasteiger partial charge in [0.15, 0.2) is 5.75 Å². The fourth-order valence-corrected chi connectivity index (χ4v) is 10.5. The summed E-state index contributed by atoms with van der Waals surface area (Å²) in [5.41, 5.74) is 10.8. The van der Waals surface area contributed by atoms with Gasteiger partial charge in [-0.3, -0.25) is 9.59 Å². The third-order valence-corrected chi connectivity index (χ3v) is 15.1. The number of nitrogens with one attached hydrogen (secondary N) is 1. The lowest BCUT2D eigenvalue weighted by molar-refractivity contribution is -0.275. The first-order valence-corrected chi connectivity index (χ1v) is 28.8. The van der Waals surface area contributed by atoms with Gasteiger partial charge in [-0.05, 0) is 139 Å². The summed E-state index contributed by atoms with van der Waals surface area (Å²) in [6.07, 6.45) is -6.86. The standard InChI is InChI=1S/C29H34F3N7O4.C17H21N5O3.C12H14F3IN2O/c1-28(2,3)43-27(41)39-11-9-22-19(25(39)40)17-23(37(22)5)20-8-10-33-26(34-20)35-21-16-18(38-14-12-36(4)13-15-38)6-7-24(21)42-29(30,31)32;1-17(2,3)25-16(24)22-8-6-12-10(14(22)23)9-13(21(12)4)11-5-7-19-15(18)20-11;1-17-4-6-18(7-5-17)9-2-3-11(10(16)8-9)19-12(13,14)15/h6-8,10,16-17H,9,11-15H2,1-5H3,(H,33,34,35);5,7,9H,6,8H2,1-4H3,(H2,18,19,20);2-3,8H,4-7H2,1H3. The molecule has 2 fully saturated rings. The number of hydrogen-bond donors (Lipinski definition) is 2. The second-order valence-corrected chi connectivity index (χ2v) is 24.1. The van der Waals surface area contributed by atoms with Gasteiger partial charge < -0.3 is 58.7 Å². The zero-order chi connectivity index (χ0) is 63.5. The number of carbonyl (C=O) groups excluding carboxylic acids is 4. The van der Waals surface area contributed by atoms with Gasteiger partial charge in [0.1, 0.15) is 17.0 Å². The lowest BCUT2D eigenvalue weighted by atomic mass is 10.1. The minimum absolute atomic E-state index is 0.0425. The van der Waals surface area contributed by atoms with Crippen LogP contribution in [0, 0.1) is 3.57 Å². The Hall–Kier alpha value is -7.93. The molecule has 2 saturated heterocycles. The maximum atomic E-state index is 13.2. The molecule has 4 amide bonds. The number of likely N-dealkylation sites (N-methyl/N-ethyl adjacent to an activating group) is 2. The zero-order valence-corrected chi connectivity index (χ0v) is 51.9. The molecule has 0 saturated carbocycles. The number of rotatable bonds is 8. The van der Waals surface area contributed by atoms with Crippen molar-refractivity contribution < 1.29 is 64.5 Å². The minimum Gasteiger partial charge on any atom is -0.443 e. The first-order valence-electron chi connectivity index (χ1n) is 27.7. The van der Waals surface area contributed by atoms with Crippen LogP contribution in [0.25, 0.3) is 22.8 Å². The van der Waals surface area contributed by atoms with Crippen molar-refractivity contribution in [1.29, 1.82) is 0 Å². The molecule has 87 heavy (non-hydrogen) atoms. The molecule has 4 aliphatic rings. The molecule has 0 spiro atoms. The summed E-state index contributed by atoms with van der Waals surface area (Å²) >= 11 is 1.86. The van der Waals surface area contributed by atoms with Gasteiger partial charge in [0, 0.05) is 128 Å². The van der Waals surface area contributed by atoms with Crippen molar-refractivity contribution in [3.8, 4) is 34.3 Å². The smallest absolute Gasteiger partial charge is 0.443 e. The van der Waals surface area contributed by atoms with E-state index in [1.54, 1.807) is 103 Å². The van der Waals surface area contributed by atoms with Gasteiger partial charge in [-0.15, -0.1) is 26.3 Å². The van der Waals surface area contributed by atoms with Crippen molar-refractivity contribution in [2.24, 2.45) is 14.1 Å². The summed E-state index contributed by atoms with van der Waals surface area (Å²) in [5, 5.41) is 2.90. The summed E-state index contributed by atoms with van der Waals surface area (Å²) in [6, 6.07) is 16.0. The molecule has 468 valence electrons. The number of hydrogen-bond acceptors (Lipinski definition) is 18. The largest absolute Gasteiger partial charge is 0.573 e. The van der Waals surface area contributed by atoms with Gasteiger partial charge in [0.2, 0.25) is 11.9 Å². The number of amides is 4. The van der Waals surface area contributed by atoms with Crippen molar-refractivity contribution in [2.45, 2.75) is 78.3 Å². The number of piperazine rings is 2. The van der Waals surface area contributed by atoms with E-state index in [9.17, 15) is 45.5 Å². The van der Waals surface area contributed by atoms with Gasteiger partial charge in [-0.2, -0.15) is 0 Å². The van der Waals surface area contributed by atoms with E-state index < -0.39 is 47.8 Å². The van der Waals surface area contributed by atoms with E-state index in [0.717, 1.165) is 90.6 Å². The van der Waals surface area contributed by atoms with Gasteiger partial charge >= 0.3 is 24.9 Å². The molecule has 2 aromatic carbocycles. The van der Waals surface area contributed by atoms with Gasteiger partial charge in [-0.25, -0.2) is 39.3 Å². The van der Waals surface area contributed by atoms with Crippen molar-refractivity contribution in [3.63, 3.8) is 0 Å². The van der Waals surface area contributed by atoms with Crippen molar-refractivity contribution in [2.75, 3.05) is 100 Å². The highest BCUT2D eigenvalue weighted by atomic mass is 127.